The lowest BCUT2D eigenvalue weighted by Gasteiger charge is -2.19. The number of ether oxygens (including phenoxy) is 1. The van der Waals surface area contributed by atoms with Crippen molar-refractivity contribution in [1.82, 2.24) is 4.90 Å². The average Bonchev–Trinajstić information content (AvgIpc) is 3.36. The molecule has 0 unspecified atom stereocenters. The molecule has 3 nitrogen and oxygen atoms in total. The summed E-state index contributed by atoms with van der Waals surface area (Å²) in [6.07, 6.45) is 8.48. The zero-order valence-electron chi connectivity index (χ0n) is 13.8. The number of rotatable bonds is 10. The summed E-state index contributed by atoms with van der Waals surface area (Å²) >= 11 is 0. The first-order valence-electron chi connectivity index (χ1n) is 7.96. The molecule has 2 rings (SSSR count). The van der Waals surface area contributed by atoms with Crippen molar-refractivity contribution in [2.24, 2.45) is 0 Å². The molecular weight excluding hydrogens is 286 g/mol. The lowest BCUT2D eigenvalue weighted by molar-refractivity contribution is -0.109. The molecule has 1 fully saturated rings. The molecule has 0 N–H and O–H groups in total. The van der Waals surface area contributed by atoms with E-state index in [0.29, 0.717) is 6.61 Å². The minimum atomic E-state index is -0.300. The van der Waals surface area contributed by atoms with Gasteiger partial charge in [0.15, 0.2) is 0 Å². The van der Waals surface area contributed by atoms with Crippen LogP contribution in [0.3, 0.4) is 0 Å². The predicted molar refractivity (Wildman–Crippen MR) is 94.9 cm³/mol. The number of carbonyl (C=O) groups excluding carboxylic acids is 1. The van der Waals surface area contributed by atoms with Crippen molar-refractivity contribution >= 4 is 6.29 Å². The summed E-state index contributed by atoms with van der Waals surface area (Å²) < 4.78 is 5.95. The van der Waals surface area contributed by atoms with E-state index in [-0.39, 0.29) is 5.41 Å². The van der Waals surface area contributed by atoms with Crippen molar-refractivity contribution in [1.29, 1.82) is 0 Å². The zero-order valence-corrected chi connectivity index (χ0v) is 13.8. The second kappa shape index (κ2) is 7.93. The fourth-order valence-corrected chi connectivity index (χ4v) is 2.63. The van der Waals surface area contributed by atoms with E-state index >= 15 is 0 Å². The second-order valence-corrected chi connectivity index (χ2v) is 6.04. The lowest BCUT2D eigenvalue weighted by atomic mass is 9.97. The van der Waals surface area contributed by atoms with Crippen molar-refractivity contribution in [2.45, 2.75) is 18.3 Å². The summed E-state index contributed by atoms with van der Waals surface area (Å²) in [5, 5.41) is 0. The summed E-state index contributed by atoms with van der Waals surface area (Å²) in [6, 6.07) is 7.87. The molecule has 1 aromatic carbocycles. The molecule has 1 aliphatic carbocycles. The van der Waals surface area contributed by atoms with E-state index < -0.39 is 0 Å². The highest BCUT2D eigenvalue weighted by atomic mass is 16.5. The Bertz CT molecular complexity index is 599. The normalized spacial score (nSPS) is 16.0. The zero-order chi connectivity index (χ0) is 16.7. The van der Waals surface area contributed by atoms with Crippen LogP contribution in [0.5, 0.6) is 5.75 Å². The molecule has 23 heavy (non-hydrogen) atoms. The summed E-state index contributed by atoms with van der Waals surface area (Å²) in [4.78, 5) is 13.5. The van der Waals surface area contributed by atoms with Gasteiger partial charge in [-0.3, -0.25) is 4.90 Å². The molecule has 122 valence electrons. The van der Waals surface area contributed by atoms with E-state index in [1.165, 1.54) is 0 Å². The molecule has 0 radical (unpaired) electrons. The quantitative estimate of drug-likeness (QED) is 0.489. The SMILES string of the molecule is C=C/C=C(\C=C)CN(C)CCOc1ccccc1C1(C=O)CC1. The van der Waals surface area contributed by atoms with E-state index in [9.17, 15) is 4.79 Å². The van der Waals surface area contributed by atoms with Crippen LogP contribution in [0.25, 0.3) is 0 Å². The van der Waals surface area contributed by atoms with E-state index in [1.807, 2.05) is 43.5 Å². The second-order valence-electron chi connectivity index (χ2n) is 6.04. The van der Waals surface area contributed by atoms with Crippen molar-refractivity contribution in [3.8, 4) is 5.75 Å². The fraction of sp³-hybridized carbons (Fsp3) is 0.350. The summed E-state index contributed by atoms with van der Waals surface area (Å²) in [5.41, 5.74) is 1.85. The third-order valence-corrected chi connectivity index (χ3v) is 4.21. The first kappa shape index (κ1) is 17.2. The Morgan fingerprint density at radius 2 is 2.09 bits per heavy atom. The van der Waals surface area contributed by atoms with Crippen LogP contribution in [-0.2, 0) is 10.2 Å². The van der Waals surface area contributed by atoms with Gasteiger partial charge in [0, 0.05) is 18.7 Å². The Labute approximate surface area is 139 Å². The Balaban J connectivity index is 1.90. The number of hydrogen-bond donors (Lipinski definition) is 0. The molecular formula is C20H25NO2. The number of aldehydes is 1. The molecule has 0 bridgehead atoms. The molecule has 1 aromatic rings. The van der Waals surface area contributed by atoms with Crippen LogP contribution < -0.4 is 4.74 Å². The Morgan fingerprint density at radius 1 is 1.35 bits per heavy atom. The summed E-state index contributed by atoms with van der Waals surface area (Å²) in [6.45, 7) is 9.70. The van der Waals surface area contributed by atoms with Gasteiger partial charge in [0.1, 0.15) is 18.6 Å². The monoisotopic (exact) mass is 311 g/mol. The van der Waals surface area contributed by atoms with Gasteiger partial charge in [-0.05, 0) is 31.5 Å². The van der Waals surface area contributed by atoms with Gasteiger partial charge in [-0.25, -0.2) is 0 Å². The maximum absolute atomic E-state index is 11.4. The Morgan fingerprint density at radius 3 is 2.70 bits per heavy atom. The van der Waals surface area contributed by atoms with Crippen LogP contribution in [0, 0.1) is 0 Å². The lowest BCUT2D eigenvalue weighted by Crippen LogP contribution is -2.26. The maximum atomic E-state index is 11.4. The first-order chi connectivity index (χ1) is 11.1. The third kappa shape index (κ3) is 4.42. The van der Waals surface area contributed by atoms with Crippen LogP contribution in [0.2, 0.25) is 0 Å². The van der Waals surface area contributed by atoms with Gasteiger partial charge in [0.2, 0.25) is 0 Å². The minimum absolute atomic E-state index is 0.300. The van der Waals surface area contributed by atoms with Crippen LogP contribution in [0.1, 0.15) is 18.4 Å². The van der Waals surface area contributed by atoms with Crippen molar-refractivity contribution in [3.63, 3.8) is 0 Å². The molecule has 0 spiro atoms. The van der Waals surface area contributed by atoms with Gasteiger partial charge in [-0.15, -0.1) is 0 Å². The molecule has 0 aromatic heterocycles. The highest BCUT2D eigenvalue weighted by molar-refractivity contribution is 5.74. The van der Waals surface area contributed by atoms with Crippen molar-refractivity contribution < 1.29 is 9.53 Å². The molecule has 1 saturated carbocycles. The molecule has 3 heteroatoms. The fourth-order valence-electron chi connectivity index (χ4n) is 2.63. The average molecular weight is 311 g/mol. The number of para-hydroxylation sites is 1. The number of carbonyl (C=O) groups is 1. The van der Waals surface area contributed by atoms with Crippen LogP contribution >= 0.6 is 0 Å². The van der Waals surface area contributed by atoms with Gasteiger partial charge in [0.25, 0.3) is 0 Å². The van der Waals surface area contributed by atoms with E-state index in [0.717, 1.165) is 49.1 Å². The highest BCUT2D eigenvalue weighted by Crippen LogP contribution is 2.49. The van der Waals surface area contributed by atoms with Crippen LogP contribution in [-0.4, -0.2) is 37.9 Å². The van der Waals surface area contributed by atoms with Gasteiger partial charge in [-0.1, -0.05) is 49.6 Å². The first-order valence-corrected chi connectivity index (χ1v) is 7.96. The third-order valence-electron chi connectivity index (χ3n) is 4.21. The smallest absolute Gasteiger partial charge is 0.130 e. The van der Waals surface area contributed by atoms with Crippen molar-refractivity contribution in [2.75, 3.05) is 26.7 Å². The minimum Gasteiger partial charge on any atom is -0.492 e. The molecule has 0 atom stereocenters. The Hall–Kier alpha value is -2.13. The van der Waals surface area contributed by atoms with Crippen molar-refractivity contribution in [3.05, 3.63) is 66.8 Å². The van der Waals surface area contributed by atoms with Gasteiger partial charge in [-0.2, -0.15) is 0 Å². The number of hydrogen-bond acceptors (Lipinski definition) is 3. The topological polar surface area (TPSA) is 29.5 Å². The van der Waals surface area contributed by atoms with Gasteiger partial charge >= 0.3 is 0 Å². The Kier molecular flexibility index (Phi) is 5.94. The molecule has 0 amide bonds. The molecule has 0 saturated heterocycles. The largest absolute Gasteiger partial charge is 0.492 e. The van der Waals surface area contributed by atoms with E-state index in [1.54, 1.807) is 6.08 Å². The standard InChI is InChI=1S/C20H25NO2/c1-4-8-17(5-2)15-21(3)13-14-23-19-10-7-6-9-18(19)20(16-22)11-12-20/h4-10,16H,1-2,11-15H2,3H3/b17-8+. The van der Waals surface area contributed by atoms with E-state index in [4.69, 9.17) is 4.74 Å². The summed E-state index contributed by atoms with van der Waals surface area (Å²) in [5.74, 6) is 0.830. The summed E-state index contributed by atoms with van der Waals surface area (Å²) in [7, 11) is 2.05. The number of benzene rings is 1. The van der Waals surface area contributed by atoms with Crippen LogP contribution in [0.4, 0.5) is 0 Å². The number of likely N-dealkylation sites (N-methyl/N-ethyl adjacent to an activating group) is 1. The van der Waals surface area contributed by atoms with Gasteiger partial charge in [0.05, 0.1) is 5.41 Å². The molecule has 0 aliphatic heterocycles. The predicted octanol–water partition coefficient (Wildman–Crippen LogP) is 3.53. The number of allylic oxidation sites excluding steroid dienone is 2. The van der Waals surface area contributed by atoms with Crippen LogP contribution in [0.15, 0.2) is 61.2 Å². The molecule has 1 aliphatic rings. The highest BCUT2D eigenvalue weighted by Gasteiger charge is 2.46. The number of nitrogens with zero attached hydrogens (tertiary/aromatic N) is 1. The maximum Gasteiger partial charge on any atom is 0.130 e. The van der Waals surface area contributed by atoms with Gasteiger partial charge < -0.3 is 9.53 Å². The van der Waals surface area contributed by atoms with E-state index in [2.05, 4.69) is 18.1 Å². The molecule has 0 heterocycles.